The van der Waals surface area contributed by atoms with Crippen LogP contribution in [0.3, 0.4) is 0 Å². The molecule has 5 heteroatoms. The van der Waals surface area contributed by atoms with Gasteiger partial charge in [0.15, 0.2) is 5.82 Å². The predicted molar refractivity (Wildman–Crippen MR) is 64.5 cm³/mol. The summed E-state index contributed by atoms with van der Waals surface area (Å²) in [6.45, 7) is 2.19. The standard InChI is InChI=1S/C13H20N2O3/c1-16-9-13(5-2-3-6-13)12-14-11(18-15-12)10-4-7-17-8-10/h10H,2-9H2,1H3/t10-/m1/s1. The van der Waals surface area contributed by atoms with Crippen LogP contribution >= 0.6 is 0 Å². The molecule has 0 amide bonds. The summed E-state index contributed by atoms with van der Waals surface area (Å²) in [4.78, 5) is 4.63. The molecule has 2 fully saturated rings. The Bertz CT molecular complexity index is 393. The number of rotatable bonds is 4. The van der Waals surface area contributed by atoms with Crippen LogP contribution in [-0.4, -0.2) is 37.1 Å². The predicted octanol–water partition coefficient (Wildman–Crippen LogP) is 2.03. The summed E-state index contributed by atoms with van der Waals surface area (Å²) in [5.74, 6) is 1.86. The molecule has 100 valence electrons. The Labute approximate surface area is 107 Å². The number of aromatic nitrogens is 2. The minimum absolute atomic E-state index is 0.0179. The maximum absolute atomic E-state index is 5.44. The largest absolute Gasteiger partial charge is 0.384 e. The van der Waals surface area contributed by atoms with Gasteiger partial charge in [-0.15, -0.1) is 0 Å². The van der Waals surface area contributed by atoms with Gasteiger partial charge in [-0.05, 0) is 19.3 Å². The number of hydrogen-bond donors (Lipinski definition) is 0. The van der Waals surface area contributed by atoms with Crippen molar-refractivity contribution in [3.63, 3.8) is 0 Å². The van der Waals surface area contributed by atoms with Crippen molar-refractivity contribution in [2.45, 2.75) is 43.4 Å². The monoisotopic (exact) mass is 252 g/mol. The normalized spacial score (nSPS) is 26.8. The van der Waals surface area contributed by atoms with Crippen molar-refractivity contribution in [1.82, 2.24) is 10.1 Å². The van der Waals surface area contributed by atoms with E-state index >= 15 is 0 Å². The molecule has 0 unspecified atom stereocenters. The molecule has 0 aromatic carbocycles. The van der Waals surface area contributed by atoms with Crippen LogP contribution in [-0.2, 0) is 14.9 Å². The van der Waals surface area contributed by atoms with E-state index < -0.39 is 0 Å². The van der Waals surface area contributed by atoms with E-state index in [1.165, 1.54) is 12.8 Å². The lowest BCUT2D eigenvalue weighted by Gasteiger charge is -2.23. The summed E-state index contributed by atoms with van der Waals surface area (Å²) in [5, 5.41) is 4.21. The van der Waals surface area contributed by atoms with E-state index in [1.807, 2.05) is 0 Å². The van der Waals surface area contributed by atoms with Crippen LogP contribution in [0, 0.1) is 0 Å². The minimum atomic E-state index is -0.0179. The fraction of sp³-hybridized carbons (Fsp3) is 0.846. The Kier molecular flexibility index (Phi) is 3.35. The summed E-state index contributed by atoms with van der Waals surface area (Å²) in [6, 6.07) is 0. The first kappa shape index (κ1) is 12.1. The molecule has 0 spiro atoms. The second kappa shape index (κ2) is 4.97. The molecule has 1 aromatic rings. The van der Waals surface area contributed by atoms with E-state index in [2.05, 4.69) is 10.1 Å². The molecule has 0 bridgehead atoms. The van der Waals surface area contributed by atoms with Crippen LogP contribution in [0.5, 0.6) is 0 Å². The van der Waals surface area contributed by atoms with Crippen molar-refractivity contribution in [3.8, 4) is 0 Å². The fourth-order valence-electron chi connectivity index (χ4n) is 3.11. The van der Waals surface area contributed by atoms with Gasteiger partial charge in [0.1, 0.15) is 0 Å². The molecule has 1 atom stereocenters. The lowest BCUT2D eigenvalue weighted by atomic mass is 9.86. The Morgan fingerprint density at radius 2 is 2.22 bits per heavy atom. The maximum atomic E-state index is 5.44. The van der Waals surface area contributed by atoms with E-state index in [1.54, 1.807) is 7.11 Å². The first-order chi connectivity index (χ1) is 8.84. The molecule has 3 rings (SSSR count). The van der Waals surface area contributed by atoms with Crippen LogP contribution in [0.1, 0.15) is 49.7 Å². The zero-order chi connectivity index (χ0) is 12.4. The van der Waals surface area contributed by atoms with Gasteiger partial charge >= 0.3 is 0 Å². The van der Waals surface area contributed by atoms with Crippen molar-refractivity contribution in [3.05, 3.63) is 11.7 Å². The van der Waals surface area contributed by atoms with Crippen LogP contribution < -0.4 is 0 Å². The van der Waals surface area contributed by atoms with Crippen LogP contribution in [0.2, 0.25) is 0 Å². The highest BCUT2D eigenvalue weighted by Crippen LogP contribution is 2.40. The zero-order valence-corrected chi connectivity index (χ0v) is 10.9. The van der Waals surface area contributed by atoms with Gasteiger partial charge in [0.05, 0.1) is 24.5 Å². The Morgan fingerprint density at radius 3 is 2.89 bits per heavy atom. The molecule has 1 aromatic heterocycles. The fourth-order valence-corrected chi connectivity index (χ4v) is 3.11. The van der Waals surface area contributed by atoms with E-state index in [4.69, 9.17) is 14.0 Å². The molecule has 1 aliphatic carbocycles. The third kappa shape index (κ3) is 2.06. The third-order valence-corrected chi connectivity index (χ3v) is 4.18. The highest BCUT2D eigenvalue weighted by atomic mass is 16.5. The van der Waals surface area contributed by atoms with Crippen molar-refractivity contribution in [2.75, 3.05) is 26.9 Å². The minimum Gasteiger partial charge on any atom is -0.384 e. The van der Waals surface area contributed by atoms with Gasteiger partial charge in [0, 0.05) is 13.7 Å². The molecule has 18 heavy (non-hydrogen) atoms. The smallest absolute Gasteiger partial charge is 0.232 e. The van der Waals surface area contributed by atoms with Crippen molar-refractivity contribution in [2.24, 2.45) is 0 Å². The molecule has 1 aliphatic heterocycles. The number of hydrogen-bond acceptors (Lipinski definition) is 5. The van der Waals surface area contributed by atoms with E-state index in [9.17, 15) is 0 Å². The van der Waals surface area contributed by atoms with Gasteiger partial charge in [-0.25, -0.2) is 0 Å². The Balaban J connectivity index is 1.82. The number of ether oxygens (including phenoxy) is 2. The lowest BCUT2D eigenvalue weighted by Crippen LogP contribution is -2.29. The molecule has 1 saturated heterocycles. The maximum Gasteiger partial charge on any atom is 0.232 e. The highest BCUT2D eigenvalue weighted by molar-refractivity contribution is 5.11. The Hall–Kier alpha value is -0.940. The highest BCUT2D eigenvalue weighted by Gasteiger charge is 2.40. The van der Waals surface area contributed by atoms with Gasteiger partial charge < -0.3 is 14.0 Å². The summed E-state index contributed by atoms with van der Waals surface area (Å²) in [7, 11) is 1.74. The molecule has 2 heterocycles. The van der Waals surface area contributed by atoms with Gasteiger partial charge in [-0.1, -0.05) is 18.0 Å². The van der Waals surface area contributed by atoms with E-state index in [-0.39, 0.29) is 11.3 Å². The summed E-state index contributed by atoms with van der Waals surface area (Å²) in [5.41, 5.74) is -0.0179. The molecule has 0 radical (unpaired) electrons. The quantitative estimate of drug-likeness (QED) is 0.820. The van der Waals surface area contributed by atoms with Crippen molar-refractivity contribution < 1.29 is 14.0 Å². The van der Waals surface area contributed by atoms with Gasteiger partial charge in [-0.2, -0.15) is 4.98 Å². The third-order valence-electron chi connectivity index (χ3n) is 4.18. The SMILES string of the molecule is COCC1(c2noc([C@@H]3CCOC3)n2)CCCC1. The van der Waals surface area contributed by atoms with Gasteiger partial charge in [-0.3, -0.25) is 0 Å². The Morgan fingerprint density at radius 1 is 1.39 bits per heavy atom. The first-order valence-electron chi connectivity index (χ1n) is 6.75. The average Bonchev–Trinajstić information content (AvgIpc) is 3.11. The number of methoxy groups -OCH3 is 1. The van der Waals surface area contributed by atoms with E-state index in [0.717, 1.165) is 37.6 Å². The number of nitrogens with zero attached hydrogens (tertiary/aromatic N) is 2. The van der Waals surface area contributed by atoms with Crippen molar-refractivity contribution in [1.29, 1.82) is 0 Å². The topological polar surface area (TPSA) is 57.4 Å². The van der Waals surface area contributed by atoms with Gasteiger partial charge in [0.2, 0.25) is 5.89 Å². The molecule has 5 nitrogen and oxygen atoms in total. The van der Waals surface area contributed by atoms with Crippen LogP contribution in [0.4, 0.5) is 0 Å². The first-order valence-corrected chi connectivity index (χ1v) is 6.75. The average molecular weight is 252 g/mol. The molecule has 1 saturated carbocycles. The van der Waals surface area contributed by atoms with Crippen molar-refractivity contribution >= 4 is 0 Å². The summed E-state index contributed by atoms with van der Waals surface area (Å²) >= 11 is 0. The lowest BCUT2D eigenvalue weighted by molar-refractivity contribution is 0.125. The second-order valence-electron chi connectivity index (χ2n) is 5.44. The second-order valence-corrected chi connectivity index (χ2v) is 5.44. The van der Waals surface area contributed by atoms with Crippen LogP contribution in [0.25, 0.3) is 0 Å². The van der Waals surface area contributed by atoms with E-state index in [0.29, 0.717) is 13.2 Å². The van der Waals surface area contributed by atoms with Crippen LogP contribution in [0.15, 0.2) is 4.52 Å². The summed E-state index contributed by atoms with van der Waals surface area (Å²) in [6.07, 6.45) is 5.63. The molecule has 0 N–H and O–H groups in total. The van der Waals surface area contributed by atoms with Gasteiger partial charge in [0.25, 0.3) is 0 Å². The molecular weight excluding hydrogens is 232 g/mol. The summed E-state index contributed by atoms with van der Waals surface area (Å²) < 4.78 is 16.2. The molecular formula is C13H20N2O3. The zero-order valence-electron chi connectivity index (χ0n) is 10.9. The molecule has 2 aliphatic rings.